The van der Waals surface area contributed by atoms with Crippen LogP contribution in [-0.4, -0.2) is 17.7 Å². The highest BCUT2D eigenvalue weighted by Crippen LogP contribution is 2.22. The van der Waals surface area contributed by atoms with Crippen LogP contribution in [0.15, 0.2) is 27.6 Å². The van der Waals surface area contributed by atoms with Gasteiger partial charge in [0.15, 0.2) is 0 Å². The molecule has 100 valence electrons. The zero-order valence-corrected chi connectivity index (χ0v) is 12.3. The molecule has 1 aromatic rings. The van der Waals surface area contributed by atoms with Crippen molar-refractivity contribution in [1.82, 2.24) is 9.88 Å². The van der Waals surface area contributed by atoms with Crippen LogP contribution in [0.3, 0.4) is 0 Å². The van der Waals surface area contributed by atoms with Gasteiger partial charge in [0.1, 0.15) is 0 Å². The van der Waals surface area contributed by atoms with Crippen molar-refractivity contribution < 1.29 is 0 Å². The average Bonchev–Trinajstić information content (AvgIpc) is 2.40. The first-order valence-corrected chi connectivity index (χ1v) is 7.62. The molecule has 0 aliphatic heterocycles. The summed E-state index contributed by atoms with van der Waals surface area (Å²) >= 11 is 3.39. The second-order valence-corrected chi connectivity index (χ2v) is 6.00. The molecule has 2 rings (SSSR count). The predicted molar refractivity (Wildman–Crippen MR) is 77.8 cm³/mol. The van der Waals surface area contributed by atoms with E-state index in [9.17, 15) is 4.79 Å². The van der Waals surface area contributed by atoms with E-state index >= 15 is 0 Å². The Labute approximate surface area is 117 Å². The van der Waals surface area contributed by atoms with Gasteiger partial charge in [0.25, 0.3) is 5.56 Å². The number of halogens is 1. The zero-order valence-electron chi connectivity index (χ0n) is 10.7. The monoisotopic (exact) mass is 312 g/mol. The molecule has 1 aliphatic carbocycles. The average molecular weight is 313 g/mol. The summed E-state index contributed by atoms with van der Waals surface area (Å²) in [5.74, 6) is 0.845. The van der Waals surface area contributed by atoms with Crippen LogP contribution in [-0.2, 0) is 6.54 Å². The quantitative estimate of drug-likeness (QED) is 0.848. The van der Waals surface area contributed by atoms with E-state index in [4.69, 9.17) is 0 Å². The lowest BCUT2D eigenvalue weighted by Gasteiger charge is -2.21. The molecule has 0 radical (unpaired) electrons. The van der Waals surface area contributed by atoms with E-state index in [0.29, 0.717) is 0 Å². The number of hydrogen-bond donors (Lipinski definition) is 1. The molecule has 0 aromatic carbocycles. The number of rotatable bonds is 5. The molecule has 0 unspecified atom stereocenters. The summed E-state index contributed by atoms with van der Waals surface area (Å²) in [6, 6.07) is 3.39. The molecule has 1 N–H and O–H groups in total. The van der Waals surface area contributed by atoms with E-state index < -0.39 is 0 Å². The molecule has 1 heterocycles. The second kappa shape index (κ2) is 7.10. The van der Waals surface area contributed by atoms with Gasteiger partial charge in [-0.1, -0.05) is 19.3 Å². The Morgan fingerprint density at radius 2 is 2.06 bits per heavy atom. The first-order valence-electron chi connectivity index (χ1n) is 6.82. The first-order chi connectivity index (χ1) is 8.75. The molecule has 1 fully saturated rings. The van der Waals surface area contributed by atoms with Crippen molar-refractivity contribution in [3.8, 4) is 0 Å². The van der Waals surface area contributed by atoms with E-state index in [0.717, 1.165) is 30.0 Å². The van der Waals surface area contributed by atoms with Crippen LogP contribution in [0, 0.1) is 5.92 Å². The Kier molecular flexibility index (Phi) is 5.45. The Balaban J connectivity index is 1.71. The molecule has 0 saturated heterocycles. The molecular weight excluding hydrogens is 292 g/mol. The topological polar surface area (TPSA) is 34.0 Å². The summed E-state index contributed by atoms with van der Waals surface area (Å²) in [7, 11) is 0. The van der Waals surface area contributed by atoms with Gasteiger partial charge in [-0.05, 0) is 47.3 Å². The van der Waals surface area contributed by atoms with Crippen LogP contribution in [0.4, 0.5) is 0 Å². The van der Waals surface area contributed by atoms with Crippen LogP contribution in [0.25, 0.3) is 0 Å². The maximum absolute atomic E-state index is 11.6. The molecule has 1 saturated carbocycles. The molecule has 18 heavy (non-hydrogen) atoms. The maximum Gasteiger partial charge on any atom is 0.250 e. The number of nitrogens with one attached hydrogen (secondary N) is 1. The third kappa shape index (κ3) is 4.25. The van der Waals surface area contributed by atoms with Crippen LogP contribution in [0.5, 0.6) is 0 Å². The van der Waals surface area contributed by atoms with Gasteiger partial charge in [0, 0.05) is 29.8 Å². The molecule has 1 aliphatic rings. The molecule has 3 nitrogen and oxygen atoms in total. The van der Waals surface area contributed by atoms with Crippen molar-refractivity contribution in [2.45, 2.75) is 38.6 Å². The third-order valence-electron chi connectivity index (χ3n) is 3.63. The molecule has 0 bridgehead atoms. The fourth-order valence-electron chi connectivity index (χ4n) is 2.57. The summed E-state index contributed by atoms with van der Waals surface area (Å²) in [5.41, 5.74) is 0.0673. The summed E-state index contributed by atoms with van der Waals surface area (Å²) in [6.45, 7) is 2.71. The standard InChI is InChI=1S/C14H21BrN2O/c15-13-6-7-14(18)17(11-13)9-8-16-10-12-4-2-1-3-5-12/h6-7,11-12,16H,1-5,8-10H2. The SMILES string of the molecule is O=c1ccc(Br)cn1CCNCC1CCCCC1. The van der Waals surface area contributed by atoms with Crippen LogP contribution >= 0.6 is 15.9 Å². The lowest BCUT2D eigenvalue weighted by Crippen LogP contribution is -2.30. The Morgan fingerprint density at radius 1 is 1.28 bits per heavy atom. The third-order valence-corrected chi connectivity index (χ3v) is 4.10. The van der Waals surface area contributed by atoms with E-state index in [1.807, 2.05) is 6.20 Å². The molecule has 0 atom stereocenters. The molecular formula is C14H21BrN2O. The highest BCUT2D eigenvalue weighted by atomic mass is 79.9. The van der Waals surface area contributed by atoms with E-state index in [2.05, 4.69) is 21.2 Å². The van der Waals surface area contributed by atoms with Gasteiger partial charge in [0.05, 0.1) is 0 Å². The van der Waals surface area contributed by atoms with Gasteiger partial charge >= 0.3 is 0 Å². The van der Waals surface area contributed by atoms with Crippen molar-refractivity contribution in [2.24, 2.45) is 5.92 Å². The van der Waals surface area contributed by atoms with Crippen molar-refractivity contribution in [3.63, 3.8) is 0 Å². The minimum atomic E-state index is 0.0673. The van der Waals surface area contributed by atoms with Crippen molar-refractivity contribution in [1.29, 1.82) is 0 Å². The molecule has 0 amide bonds. The minimum Gasteiger partial charge on any atom is -0.315 e. The van der Waals surface area contributed by atoms with Crippen LogP contribution in [0.1, 0.15) is 32.1 Å². The van der Waals surface area contributed by atoms with Gasteiger partial charge in [0.2, 0.25) is 0 Å². The van der Waals surface area contributed by atoms with E-state index in [1.54, 1.807) is 16.7 Å². The smallest absolute Gasteiger partial charge is 0.250 e. The van der Waals surface area contributed by atoms with Gasteiger partial charge in [-0.2, -0.15) is 0 Å². The Morgan fingerprint density at radius 3 is 2.83 bits per heavy atom. The first kappa shape index (κ1) is 13.8. The van der Waals surface area contributed by atoms with Crippen molar-refractivity contribution in [2.75, 3.05) is 13.1 Å². The molecule has 1 aromatic heterocycles. The normalized spacial score (nSPS) is 16.9. The summed E-state index contributed by atoms with van der Waals surface area (Å²) in [6.07, 6.45) is 8.76. The summed E-state index contributed by atoms with van der Waals surface area (Å²) in [4.78, 5) is 11.6. The van der Waals surface area contributed by atoms with Gasteiger partial charge in [-0.3, -0.25) is 4.79 Å². The van der Waals surface area contributed by atoms with Crippen molar-refractivity contribution in [3.05, 3.63) is 33.2 Å². The molecule has 4 heteroatoms. The number of hydrogen-bond acceptors (Lipinski definition) is 2. The Bertz CT molecular complexity index is 424. The largest absolute Gasteiger partial charge is 0.315 e. The van der Waals surface area contributed by atoms with Crippen molar-refractivity contribution >= 4 is 15.9 Å². The highest BCUT2D eigenvalue weighted by Gasteiger charge is 2.12. The van der Waals surface area contributed by atoms with E-state index in [-0.39, 0.29) is 5.56 Å². The highest BCUT2D eigenvalue weighted by molar-refractivity contribution is 9.10. The lowest BCUT2D eigenvalue weighted by atomic mass is 9.89. The van der Waals surface area contributed by atoms with E-state index in [1.165, 1.54) is 32.1 Å². The number of aromatic nitrogens is 1. The van der Waals surface area contributed by atoms with Gasteiger partial charge < -0.3 is 9.88 Å². The minimum absolute atomic E-state index is 0.0673. The number of nitrogens with zero attached hydrogens (tertiary/aromatic N) is 1. The maximum atomic E-state index is 11.6. The Hall–Kier alpha value is -0.610. The lowest BCUT2D eigenvalue weighted by molar-refractivity contribution is 0.340. The van der Waals surface area contributed by atoms with Crippen LogP contribution in [0.2, 0.25) is 0 Å². The van der Waals surface area contributed by atoms with Gasteiger partial charge in [-0.25, -0.2) is 0 Å². The molecule has 0 spiro atoms. The van der Waals surface area contributed by atoms with Crippen LogP contribution < -0.4 is 10.9 Å². The predicted octanol–water partition coefficient (Wildman–Crippen LogP) is 2.78. The summed E-state index contributed by atoms with van der Waals surface area (Å²) in [5, 5.41) is 3.48. The van der Waals surface area contributed by atoms with Gasteiger partial charge in [-0.15, -0.1) is 0 Å². The summed E-state index contributed by atoms with van der Waals surface area (Å²) < 4.78 is 2.70. The fourth-order valence-corrected chi connectivity index (χ4v) is 2.95. The fraction of sp³-hybridized carbons (Fsp3) is 0.643. The second-order valence-electron chi connectivity index (χ2n) is 5.09. The zero-order chi connectivity index (χ0) is 12.8. The number of pyridine rings is 1.